The Morgan fingerprint density at radius 1 is 0.519 bits per heavy atom. The quantitative estimate of drug-likeness (QED) is 0.197. The summed E-state index contributed by atoms with van der Waals surface area (Å²) in [7, 11) is 0. The minimum atomic E-state index is 0.818. The number of fused-ring (bicyclic) bond motifs is 13. The average molecular weight is 668 g/mol. The lowest BCUT2D eigenvalue weighted by atomic mass is 9.99. The smallest absolute Gasteiger partial charge is 0.213 e. The Bertz CT molecular complexity index is 3320. The highest BCUT2D eigenvalue weighted by Gasteiger charge is 2.19. The summed E-state index contributed by atoms with van der Waals surface area (Å²) in [6.07, 6.45) is 7.64. The first kappa shape index (κ1) is 27.7. The zero-order chi connectivity index (χ0) is 33.9. The van der Waals surface area contributed by atoms with E-state index in [4.69, 9.17) is 9.97 Å². The zero-order valence-corrected chi connectivity index (χ0v) is 27.9. The molecule has 2 N–H and O–H groups in total. The molecular weight excluding hydrogens is 639 g/mol. The van der Waals surface area contributed by atoms with E-state index >= 15 is 0 Å². The van der Waals surface area contributed by atoms with Crippen LogP contribution in [-0.2, 0) is 6.42 Å². The van der Waals surface area contributed by atoms with Gasteiger partial charge in [-0.25, -0.2) is 9.97 Å². The van der Waals surface area contributed by atoms with Crippen LogP contribution >= 0.6 is 0 Å². The van der Waals surface area contributed by atoms with Crippen molar-refractivity contribution in [1.29, 1.82) is 0 Å². The van der Waals surface area contributed by atoms with E-state index in [9.17, 15) is 0 Å². The van der Waals surface area contributed by atoms with Gasteiger partial charge in [0.1, 0.15) is 0 Å². The molecule has 1 aliphatic carbocycles. The average Bonchev–Trinajstić information content (AvgIpc) is 3.96. The van der Waals surface area contributed by atoms with Gasteiger partial charge in [-0.3, -0.25) is 8.80 Å². The Balaban J connectivity index is 1.07. The van der Waals surface area contributed by atoms with Crippen LogP contribution in [0.15, 0.2) is 146 Å². The van der Waals surface area contributed by atoms with Gasteiger partial charge >= 0.3 is 0 Å². The van der Waals surface area contributed by atoms with E-state index in [1.807, 2.05) is 12.1 Å². The van der Waals surface area contributed by atoms with Crippen molar-refractivity contribution >= 4 is 78.1 Å². The van der Waals surface area contributed by atoms with E-state index in [0.29, 0.717) is 0 Å². The monoisotopic (exact) mass is 667 g/mol. The Kier molecular flexibility index (Phi) is 5.44. The van der Waals surface area contributed by atoms with Crippen LogP contribution < -0.4 is 0 Å². The minimum absolute atomic E-state index is 0.818. The molecule has 5 heterocycles. The van der Waals surface area contributed by atoms with Crippen LogP contribution in [0.5, 0.6) is 0 Å². The minimum Gasteiger partial charge on any atom is -0.327 e. The van der Waals surface area contributed by atoms with Gasteiger partial charge in [0.25, 0.3) is 0 Å². The second-order valence-electron chi connectivity index (χ2n) is 13.7. The van der Waals surface area contributed by atoms with Crippen molar-refractivity contribution in [2.24, 2.45) is 0 Å². The number of imidazole rings is 4. The van der Waals surface area contributed by atoms with Crippen LogP contribution in [0.3, 0.4) is 0 Å². The number of nitrogens with one attached hydrogen (secondary N) is 2. The molecule has 0 fully saturated rings. The first-order chi connectivity index (χ1) is 25.7. The fraction of sp³-hybridized carbons (Fsp3) is 0.0222. The van der Waals surface area contributed by atoms with Crippen molar-refractivity contribution in [2.75, 3.05) is 0 Å². The van der Waals surface area contributed by atoms with Crippen LogP contribution in [0, 0.1) is 0 Å². The highest BCUT2D eigenvalue weighted by atomic mass is 15.1. The third-order valence-corrected chi connectivity index (χ3v) is 10.8. The number of nitrogens with zero attached hydrogens (tertiary/aromatic N) is 5. The van der Waals surface area contributed by atoms with Crippen LogP contribution in [0.25, 0.3) is 94.9 Å². The predicted molar refractivity (Wildman–Crippen MR) is 212 cm³/mol. The van der Waals surface area contributed by atoms with Crippen molar-refractivity contribution in [1.82, 2.24) is 33.3 Å². The maximum atomic E-state index is 4.87. The summed E-state index contributed by atoms with van der Waals surface area (Å²) in [5, 5.41) is 2.43. The molecule has 5 aromatic heterocycles. The molecule has 6 aromatic carbocycles. The van der Waals surface area contributed by atoms with Crippen molar-refractivity contribution in [3.8, 4) is 16.8 Å². The number of benzene rings is 6. The lowest BCUT2D eigenvalue weighted by Gasteiger charge is -2.09. The maximum absolute atomic E-state index is 4.87. The highest BCUT2D eigenvalue weighted by Crippen LogP contribution is 2.38. The number of H-pyrrole nitrogens is 2. The van der Waals surface area contributed by atoms with Gasteiger partial charge in [-0.05, 0) is 101 Å². The van der Waals surface area contributed by atoms with Gasteiger partial charge in [0.15, 0.2) is 0 Å². The Morgan fingerprint density at radius 2 is 1.15 bits per heavy atom. The van der Waals surface area contributed by atoms with E-state index in [1.54, 1.807) is 0 Å². The van der Waals surface area contributed by atoms with Crippen LogP contribution in [0.4, 0.5) is 0 Å². The number of hydrogen-bond acceptors (Lipinski definition) is 2. The molecule has 0 aliphatic heterocycles. The van der Waals surface area contributed by atoms with Crippen molar-refractivity contribution in [2.45, 2.75) is 6.42 Å². The van der Waals surface area contributed by atoms with Crippen LogP contribution in [0.1, 0.15) is 17.0 Å². The van der Waals surface area contributed by atoms with Gasteiger partial charge in [0.2, 0.25) is 11.6 Å². The van der Waals surface area contributed by atoms with Gasteiger partial charge in [-0.2, -0.15) is 0 Å². The van der Waals surface area contributed by atoms with E-state index < -0.39 is 0 Å². The summed E-state index contributed by atoms with van der Waals surface area (Å²) in [6, 6.07) is 47.8. The first-order valence-corrected chi connectivity index (χ1v) is 17.6. The number of hydrogen-bond donors (Lipinski definition) is 2. The molecule has 0 spiro atoms. The molecule has 0 bridgehead atoms. The standard InChI is InChI=1S/C45H29N7/c1-2-10-31(11-3-1)50-38-21-18-28(27-9-8-14-36-42(25-27)51-40-15-6-4-12-34(40)46-44(51)48-36)23-32(38)33-24-29(19-22-39(33)50)30-17-20-37-43(26-30)52-41-16-7-5-13-35(41)47-45(52)49-37/h1-13,15-26H,14H2,(H,46,48)(H,47,49). The van der Waals surface area contributed by atoms with Crippen LogP contribution in [0.2, 0.25) is 0 Å². The molecule has 0 saturated heterocycles. The largest absolute Gasteiger partial charge is 0.327 e. The Morgan fingerprint density at radius 3 is 1.94 bits per heavy atom. The van der Waals surface area contributed by atoms with Crippen molar-refractivity contribution in [3.63, 3.8) is 0 Å². The maximum Gasteiger partial charge on any atom is 0.213 e. The van der Waals surface area contributed by atoms with E-state index in [2.05, 4.69) is 163 Å². The molecule has 0 unspecified atom stereocenters. The second-order valence-corrected chi connectivity index (χ2v) is 13.7. The fourth-order valence-electron chi connectivity index (χ4n) is 8.39. The van der Waals surface area contributed by atoms with E-state index in [-0.39, 0.29) is 0 Å². The molecule has 7 nitrogen and oxygen atoms in total. The summed E-state index contributed by atoms with van der Waals surface area (Å²) in [4.78, 5) is 16.8. The molecular formula is C45H29N7. The third-order valence-electron chi connectivity index (χ3n) is 10.8. The number of aromatic amines is 2. The highest BCUT2D eigenvalue weighted by molar-refractivity contribution is 6.12. The molecule has 7 heteroatoms. The number of aromatic nitrogens is 7. The summed E-state index contributed by atoms with van der Waals surface area (Å²) in [6.45, 7) is 0. The van der Waals surface area contributed by atoms with Crippen LogP contribution in [-0.4, -0.2) is 33.3 Å². The number of para-hydroxylation sites is 5. The molecule has 0 saturated carbocycles. The predicted octanol–water partition coefficient (Wildman–Crippen LogP) is 10.5. The van der Waals surface area contributed by atoms with Gasteiger partial charge in [0.05, 0.1) is 49.8 Å². The molecule has 12 rings (SSSR count). The molecule has 0 radical (unpaired) electrons. The van der Waals surface area contributed by atoms with Gasteiger partial charge in [0, 0.05) is 28.6 Å². The SMILES string of the molecule is C1=CC(c2ccc3c(c2)c2cc(-c4ccc5[nH]c6nc7ccccc7n6c5c4)ccc2n3-c2ccccc2)=Cc2c([nH]c3nc4ccccc4n23)C1. The molecule has 11 aromatic rings. The van der Waals surface area contributed by atoms with E-state index in [0.717, 1.165) is 68.0 Å². The summed E-state index contributed by atoms with van der Waals surface area (Å²) in [5.74, 6) is 1.74. The zero-order valence-electron chi connectivity index (χ0n) is 27.9. The fourth-order valence-corrected chi connectivity index (χ4v) is 8.39. The molecule has 0 amide bonds. The Hall–Kier alpha value is -7.12. The van der Waals surface area contributed by atoms with Gasteiger partial charge in [-0.1, -0.05) is 72.8 Å². The normalized spacial score (nSPS) is 13.3. The van der Waals surface area contributed by atoms with Gasteiger partial charge in [-0.15, -0.1) is 0 Å². The Labute approximate surface area is 296 Å². The molecule has 52 heavy (non-hydrogen) atoms. The van der Waals surface area contributed by atoms with Crippen molar-refractivity contribution < 1.29 is 0 Å². The number of rotatable bonds is 3. The lowest BCUT2D eigenvalue weighted by molar-refractivity contribution is 1.15. The third kappa shape index (κ3) is 3.84. The number of allylic oxidation sites excluding steroid dienone is 3. The summed E-state index contributed by atoms with van der Waals surface area (Å²) < 4.78 is 6.87. The first-order valence-electron chi connectivity index (χ1n) is 17.6. The summed E-state index contributed by atoms with van der Waals surface area (Å²) in [5.41, 5.74) is 16.9. The molecule has 244 valence electrons. The lowest BCUT2D eigenvalue weighted by Crippen LogP contribution is -1.93. The van der Waals surface area contributed by atoms with E-state index in [1.165, 1.54) is 44.2 Å². The summed E-state index contributed by atoms with van der Waals surface area (Å²) >= 11 is 0. The second kappa shape index (κ2) is 10.2. The topological polar surface area (TPSA) is 71.1 Å². The van der Waals surface area contributed by atoms with Crippen molar-refractivity contribution in [3.05, 3.63) is 163 Å². The molecule has 0 atom stereocenters. The molecule has 1 aliphatic rings. The van der Waals surface area contributed by atoms with Gasteiger partial charge < -0.3 is 14.5 Å².